The van der Waals surface area contributed by atoms with Gasteiger partial charge in [0, 0.05) is 0 Å². The van der Waals surface area contributed by atoms with E-state index in [-0.39, 0.29) is 5.91 Å². The Morgan fingerprint density at radius 3 is 2.41 bits per heavy atom. The van der Waals surface area contributed by atoms with Gasteiger partial charge in [-0.3, -0.25) is 4.79 Å². The second-order valence-corrected chi connectivity index (χ2v) is 4.70. The summed E-state index contributed by atoms with van der Waals surface area (Å²) in [6.07, 6.45) is 0. The minimum Gasteiger partial charge on any atom is -0.496 e. The number of rotatable bonds is 4. The number of hydrogen-bond donors (Lipinski definition) is 1. The Morgan fingerprint density at radius 1 is 1.00 bits per heavy atom. The van der Waals surface area contributed by atoms with Gasteiger partial charge in [0.15, 0.2) is 0 Å². The van der Waals surface area contributed by atoms with Crippen molar-refractivity contribution in [3.8, 4) is 5.75 Å². The first-order valence-corrected chi connectivity index (χ1v) is 6.70. The molecule has 0 aliphatic carbocycles. The number of benzene rings is 2. The van der Waals surface area contributed by atoms with Crippen LogP contribution in [0.2, 0.25) is 0 Å². The molecule has 0 fully saturated rings. The van der Waals surface area contributed by atoms with Gasteiger partial charge in [0.25, 0.3) is 5.91 Å². The summed E-state index contributed by atoms with van der Waals surface area (Å²) in [5.74, 6) is -0.391. The topological polar surface area (TPSA) is 64.6 Å². The summed E-state index contributed by atoms with van der Waals surface area (Å²) in [6, 6.07) is 12.0. The van der Waals surface area contributed by atoms with Gasteiger partial charge in [-0.1, -0.05) is 23.8 Å². The highest BCUT2D eigenvalue weighted by molar-refractivity contribution is 6.09. The van der Waals surface area contributed by atoms with E-state index in [1.807, 2.05) is 13.0 Å². The summed E-state index contributed by atoms with van der Waals surface area (Å²) in [4.78, 5) is 24.2. The molecule has 0 saturated heterocycles. The van der Waals surface area contributed by atoms with Gasteiger partial charge in [-0.25, -0.2) is 4.79 Å². The normalized spacial score (nSPS) is 9.95. The molecular weight excluding hydrogens is 282 g/mol. The van der Waals surface area contributed by atoms with Gasteiger partial charge in [0.1, 0.15) is 5.75 Å². The third-order valence-electron chi connectivity index (χ3n) is 3.18. The maximum Gasteiger partial charge on any atom is 0.339 e. The van der Waals surface area contributed by atoms with E-state index >= 15 is 0 Å². The van der Waals surface area contributed by atoms with Crippen LogP contribution in [0.1, 0.15) is 26.3 Å². The van der Waals surface area contributed by atoms with Crippen molar-refractivity contribution in [1.29, 1.82) is 0 Å². The molecule has 0 atom stereocenters. The zero-order valence-electron chi connectivity index (χ0n) is 12.7. The number of carbonyl (C=O) groups excluding carboxylic acids is 2. The lowest BCUT2D eigenvalue weighted by atomic mass is 10.1. The second-order valence-electron chi connectivity index (χ2n) is 4.70. The molecule has 5 heteroatoms. The molecule has 0 bridgehead atoms. The van der Waals surface area contributed by atoms with E-state index in [0.29, 0.717) is 22.6 Å². The van der Waals surface area contributed by atoms with Crippen LogP contribution in [0.15, 0.2) is 42.5 Å². The maximum atomic E-state index is 12.4. The number of esters is 1. The summed E-state index contributed by atoms with van der Waals surface area (Å²) in [7, 11) is 2.80. The third-order valence-corrected chi connectivity index (χ3v) is 3.18. The monoisotopic (exact) mass is 299 g/mol. The van der Waals surface area contributed by atoms with E-state index in [1.165, 1.54) is 14.2 Å². The molecule has 2 rings (SSSR count). The number of hydrogen-bond acceptors (Lipinski definition) is 4. The summed E-state index contributed by atoms with van der Waals surface area (Å²) < 4.78 is 9.92. The molecular formula is C17H17NO4. The number of anilines is 1. The van der Waals surface area contributed by atoms with Gasteiger partial charge >= 0.3 is 5.97 Å². The fourth-order valence-electron chi connectivity index (χ4n) is 2.07. The van der Waals surface area contributed by atoms with Crippen LogP contribution in [0, 0.1) is 6.92 Å². The molecule has 0 radical (unpaired) electrons. The van der Waals surface area contributed by atoms with Crippen LogP contribution in [0.5, 0.6) is 5.75 Å². The number of para-hydroxylation sites is 1. The highest BCUT2D eigenvalue weighted by Gasteiger charge is 2.17. The van der Waals surface area contributed by atoms with E-state index in [4.69, 9.17) is 9.47 Å². The van der Waals surface area contributed by atoms with E-state index in [2.05, 4.69) is 5.32 Å². The van der Waals surface area contributed by atoms with Crippen LogP contribution in [-0.4, -0.2) is 26.1 Å². The van der Waals surface area contributed by atoms with Gasteiger partial charge in [0.2, 0.25) is 0 Å². The Bertz CT molecular complexity index is 710. The fraction of sp³-hybridized carbons (Fsp3) is 0.176. The molecule has 5 nitrogen and oxygen atoms in total. The quantitative estimate of drug-likeness (QED) is 0.881. The first kappa shape index (κ1) is 15.6. The van der Waals surface area contributed by atoms with E-state index in [0.717, 1.165) is 5.56 Å². The highest BCUT2D eigenvalue weighted by Crippen LogP contribution is 2.22. The lowest BCUT2D eigenvalue weighted by molar-refractivity contribution is 0.0602. The maximum absolute atomic E-state index is 12.4. The molecule has 0 aliphatic heterocycles. The number of ether oxygens (including phenoxy) is 2. The zero-order valence-corrected chi connectivity index (χ0v) is 12.7. The van der Waals surface area contributed by atoms with Crippen LogP contribution >= 0.6 is 0 Å². The molecule has 2 aromatic rings. The van der Waals surface area contributed by atoms with Crippen molar-refractivity contribution in [3.05, 3.63) is 59.2 Å². The lowest BCUT2D eigenvalue weighted by Gasteiger charge is -2.12. The summed E-state index contributed by atoms with van der Waals surface area (Å²) in [5.41, 5.74) is 2.00. The first-order valence-electron chi connectivity index (χ1n) is 6.70. The van der Waals surface area contributed by atoms with Crippen LogP contribution in [0.25, 0.3) is 0 Å². The molecule has 0 spiro atoms. The molecule has 0 heterocycles. The van der Waals surface area contributed by atoms with Gasteiger partial charge in [0.05, 0.1) is 31.0 Å². The van der Waals surface area contributed by atoms with Crippen molar-refractivity contribution in [2.75, 3.05) is 19.5 Å². The third kappa shape index (κ3) is 3.25. The molecule has 0 aromatic heterocycles. The largest absolute Gasteiger partial charge is 0.496 e. The molecule has 1 N–H and O–H groups in total. The number of methoxy groups -OCH3 is 2. The van der Waals surface area contributed by atoms with Crippen LogP contribution in [-0.2, 0) is 4.74 Å². The Morgan fingerprint density at radius 2 is 1.73 bits per heavy atom. The smallest absolute Gasteiger partial charge is 0.339 e. The Balaban J connectivity index is 2.34. The number of aryl methyl sites for hydroxylation is 1. The van der Waals surface area contributed by atoms with Gasteiger partial charge < -0.3 is 14.8 Å². The van der Waals surface area contributed by atoms with Crippen molar-refractivity contribution in [1.82, 2.24) is 0 Å². The SMILES string of the molecule is COC(=O)c1cc(C)ccc1NC(=O)c1ccccc1OC. The molecule has 0 unspecified atom stereocenters. The van der Waals surface area contributed by atoms with E-state index in [9.17, 15) is 9.59 Å². The Labute approximate surface area is 128 Å². The van der Waals surface area contributed by atoms with Crippen molar-refractivity contribution in [2.24, 2.45) is 0 Å². The van der Waals surface area contributed by atoms with Crippen molar-refractivity contribution in [2.45, 2.75) is 6.92 Å². The molecule has 1 amide bonds. The molecule has 114 valence electrons. The molecule has 2 aromatic carbocycles. The van der Waals surface area contributed by atoms with Crippen LogP contribution in [0.3, 0.4) is 0 Å². The fourth-order valence-corrected chi connectivity index (χ4v) is 2.07. The van der Waals surface area contributed by atoms with Gasteiger partial charge in [-0.15, -0.1) is 0 Å². The number of nitrogens with one attached hydrogen (secondary N) is 1. The van der Waals surface area contributed by atoms with Crippen molar-refractivity contribution < 1.29 is 19.1 Å². The summed E-state index contributed by atoms with van der Waals surface area (Å²) in [6.45, 7) is 1.86. The minimum atomic E-state index is -0.501. The first-order chi connectivity index (χ1) is 10.6. The molecule has 0 saturated carbocycles. The average molecular weight is 299 g/mol. The predicted octanol–water partition coefficient (Wildman–Crippen LogP) is 3.04. The van der Waals surface area contributed by atoms with Crippen molar-refractivity contribution in [3.63, 3.8) is 0 Å². The lowest BCUT2D eigenvalue weighted by Crippen LogP contribution is -2.16. The Kier molecular flexibility index (Phi) is 4.78. The van der Waals surface area contributed by atoms with Crippen LogP contribution < -0.4 is 10.1 Å². The summed E-state index contributed by atoms with van der Waals surface area (Å²) >= 11 is 0. The van der Waals surface area contributed by atoms with E-state index in [1.54, 1.807) is 36.4 Å². The van der Waals surface area contributed by atoms with Crippen molar-refractivity contribution >= 4 is 17.6 Å². The second kappa shape index (κ2) is 6.76. The molecule has 22 heavy (non-hydrogen) atoms. The summed E-state index contributed by atoms with van der Waals surface area (Å²) in [5, 5.41) is 2.72. The van der Waals surface area contributed by atoms with Crippen LogP contribution in [0.4, 0.5) is 5.69 Å². The van der Waals surface area contributed by atoms with Gasteiger partial charge in [-0.2, -0.15) is 0 Å². The van der Waals surface area contributed by atoms with Gasteiger partial charge in [-0.05, 0) is 31.2 Å². The standard InChI is InChI=1S/C17H17NO4/c1-11-8-9-14(13(10-11)17(20)22-3)18-16(19)12-6-4-5-7-15(12)21-2/h4-10H,1-3H3,(H,18,19). The zero-order chi connectivity index (χ0) is 16.1. The number of carbonyl (C=O) groups is 2. The predicted molar refractivity (Wildman–Crippen MR) is 83.5 cm³/mol. The minimum absolute atomic E-state index is 0.311. The average Bonchev–Trinajstić information content (AvgIpc) is 2.55. The highest BCUT2D eigenvalue weighted by atomic mass is 16.5. The number of amides is 1. The molecule has 0 aliphatic rings. The van der Waals surface area contributed by atoms with E-state index < -0.39 is 5.97 Å². The Hall–Kier alpha value is -2.82.